The van der Waals surface area contributed by atoms with Crippen LogP contribution < -0.4 is 15.8 Å². The van der Waals surface area contributed by atoms with Crippen molar-refractivity contribution in [2.75, 3.05) is 18.0 Å². The molecule has 1 unspecified atom stereocenters. The Morgan fingerprint density at radius 2 is 1.68 bits per heavy atom. The molecule has 0 radical (unpaired) electrons. The van der Waals surface area contributed by atoms with Gasteiger partial charge in [-0.1, -0.05) is 33.6 Å². The van der Waals surface area contributed by atoms with Gasteiger partial charge in [0.05, 0.1) is 17.3 Å². The lowest BCUT2D eigenvalue weighted by Crippen LogP contribution is -2.29. The Balaban J connectivity index is 0.000000267. The summed E-state index contributed by atoms with van der Waals surface area (Å²) in [6, 6.07) is -0.569. The summed E-state index contributed by atoms with van der Waals surface area (Å²) >= 11 is 0. The number of alkyl halides is 6. The fraction of sp³-hybridized carbons (Fsp3) is 0.625. The monoisotopic (exact) mass is 550 g/mol. The summed E-state index contributed by atoms with van der Waals surface area (Å²) in [7, 11) is 0. The molecule has 1 amide bonds. The Morgan fingerprint density at radius 1 is 1.03 bits per heavy atom. The van der Waals surface area contributed by atoms with Crippen molar-refractivity contribution in [1.82, 2.24) is 25.5 Å². The van der Waals surface area contributed by atoms with E-state index < -0.39 is 35.1 Å². The van der Waals surface area contributed by atoms with E-state index in [2.05, 4.69) is 27.3 Å². The summed E-state index contributed by atoms with van der Waals surface area (Å²) < 4.78 is 75.7. The Kier molecular flexibility index (Phi) is 11.1. The van der Waals surface area contributed by atoms with Crippen LogP contribution >= 0.6 is 0 Å². The van der Waals surface area contributed by atoms with Gasteiger partial charge in [-0.25, -0.2) is 15.1 Å². The maximum absolute atomic E-state index is 12.8. The molecular formula is C24H32F6N6O2. The Morgan fingerprint density at radius 3 is 2.21 bits per heavy atom. The summed E-state index contributed by atoms with van der Waals surface area (Å²) in [5.41, 5.74) is -3.26. The normalized spacial score (nSPS) is 14.9. The summed E-state index contributed by atoms with van der Waals surface area (Å²) in [5, 5.41) is 8.09. The third kappa shape index (κ3) is 8.42. The fourth-order valence-electron chi connectivity index (χ4n) is 3.97. The molecule has 0 aromatic carbocycles. The van der Waals surface area contributed by atoms with Gasteiger partial charge in [0, 0.05) is 31.9 Å². The molecule has 3 rings (SSSR count). The highest BCUT2D eigenvalue weighted by Gasteiger charge is 2.41. The van der Waals surface area contributed by atoms with Crippen LogP contribution in [0.25, 0.3) is 0 Å². The Bertz CT molecular complexity index is 1100. The molecule has 2 N–H and O–H groups in total. The number of carbonyl (C=O) groups excluding carboxylic acids is 1. The molecule has 1 aliphatic rings. The van der Waals surface area contributed by atoms with E-state index in [1.807, 2.05) is 16.9 Å². The van der Waals surface area contributed by atoms with E-state index in [0.717, 1.165) is 51.2 Å². The number of anilines is 1. The van der Waals surface area contributed by atoms with Gasteiger partial charge in [0.2, 0.25) is 11.9 Å². The van der Waals surface area contributed by atoms with E-state index in [1.165, 1.54) is 0 Å². The average molecular weight is 551 g/mol. The van der Waals surface area contributed by atoms with Gasteiger partial charge >= 0.3 is 12.4 Å². The smallest absolute Gasteiger partial charge is 0.348 e. The van der Waals surface area contributed by atoms with E-state index in [0.29, 0.717) is 12.4 Å². The van der Waals surface area contributed by atoms with Crippen LogP contribution in [0.2, 0.25) is 0 Å². The molecule has 2 heterocycles. The molecule has 0 saturated carbocycles. The molecule has 2 aromatic heterocycles. The van der Waals surface area contributed by atoms with Crippen LogP contribution in [0.3, 0.4) is 0 Å². The fourth-order valence-corrected chi connectivity index (χ4v) is 3.97. The van der Waals surface area contributed by atoms with Crippen molar-refractivity contribution >= 4 is 11.9 Å². The van der Waals surface area contributed by atoms with E-state index >= 15 is 0 Å². The highest BCUT2D eigenvalue weighted by Crippen LogP contribution is 2.37. The second-order valence-electron chi connectivity index (χ2n) is 8.77. The number of fused-ring (bicyclic) bond motifs is 1. The first-order chi connectivity index (χ1) is 17.8. The van der Waals surface area contributed by atoms with E-state index in [1.54, 1.807) is 6.92 Å². The van der Waals surface area contributed by atoms with Gasteiger partial charge < -0.3 is 10.2 Å². The minimum atomic E-state index is -4.72. The predicted octanol–water partition coefficient (Wildman–Crippen LogP) is 5.20. The number of halogens is 6. The first kappa shape index (κ1) is 31.0. The van der Waals surface area contributed by atoms with Gasteiger partial charge in [0.15, 0.2) is 0 Å². The second-order valence-corrected chi connectivity index (χ2v) is 8.77. The zero-order chi connectivity index (χ0) is 28.5. The molecule has 14 heteroatoms. The zero-order valence-corrected chi connectivity index (χ0v) is 21.5. The zero-order valence-electron chi connectivity index (χ0n) is 21.5. The van der Waals surface area contributed by atoms with Crippen LogP contribution in [0, 0.1) is 0 Å². The number of H-pyrrole nitrogens is 1. The van der Waals surface area contributed by atoms with Gasteiger partial charge in [-0.2, -0.15) is 31.4 Å². The number of hydrogen-bond acceptors (Lipinski definition) is 6. The minimum absolute atomic E-state index is 0.0791. The topological polar surface area (TPSA) is 104 Å². The Hall–Kier alpha value is -3.19. The molecule has 1 atom stereocenters. The first-order valence-corrected chi connectivity index (χ1v) is 12.5. The number of aromatic amines is 1. The Labute approximate surface area is 216 Å². The number of nitrogens with one attached hydrogen (secondary N) is 2. The number of carbonyl (C=O) groups is 1. The van der Waals surface area contributed by atoms with Gasteiger partial charge in [-0.3, -0.25) is 9.59 Å². The number of amides is 1. The molecule has 38 heavy (non-hydrogen) atoms. The van der Waals surface area contributed by atoms with Crippen LogP contribution in [0.1, 0.15) is 87.7 Å². The number of aromatic nitrogens is 4. The maximum Gasteiger partial charge on any atom is 0.422 e. The lowest BCUT2D eigenvalue weighted by Gasteiger charge is -2.22. The molecule has 0 spiro atoms. The number of hydrogen-bond donors (Lipinski definition) is 2. The molecule has 0 fully saturated rings. The lowest BCUT2D eigenvalue weighted by molar-refractivity contribution is -0.139. The van der Waals surface area contributed by atoms with Gasteiger partial charge in [0.25, 0.3) is 5.56 Å². The van der Waals surface area contributed by atoms with Gasteiger partial charge in [-0.05, 0) is 31.2 Å². The third-order valence-corrected chi connectivity index (χ3v) is 5.84. The van der Waals surface area contributed by atoms with Crippen LogP contribution in [0.5, 0.6) is 0 Å². The summed E-state index contributed by atoms with van der Waals surface area (Å²) in [5.74, 6) is 0.116. The highest BCUT2D eigenvalue weighted by molar-refractivity contribution is 5.76. The third-order valence-electron chi connectivity index (χ3n) is 5.84. The molecule has 1 aliphatic carbocycles. The molecule has 0 aliphatic heterocycles. The number of nitrogens with zero attached hydrogens (tertiary/aromatic N) is 4. The molecular weight excluding hydrogens is 518 g/mol. The molecule has 2 aromatic rings. The molecule has 0 saturated heterocycles. The highest BCUT2D eigenvalue weighted by atomic mass is 19.4. The largest absolute Gasteiger partial charge is 0.422 e. The van der Waals surface area contributed by atoms with Crippen molar-refractivity contribution in [3.05, 3.63) is 45.1 Å². The molecule has 8 nitrogen and oxygen atoms in total. The second kappa shape index (κ2) is 13.6. The van der Waals surface area contributed by atoms with Crippen LogP contribution in [-0.4, -0.2) is 39.2 Å². The van der Waals surface area contributed by atoms with Crippen LogP contribution in [0.15, 0.2) is 17.2 Å². The quantitative estimate of drug-likeness (QED) is 0.329. The maximum atomic E-state index is 12.8. The van der Waals surface area contributed by atoms with Crippen LogP contribution in [0.4, 0.5) is 32.3 Å². The predicted molar refractivity (Wildman–Crippen MR) is 128 cm³/mol. The first-order valence-electron chi connectivity index (χ1n) is 12.5. The summed E-state index contributed by atoms with van der Waals surface area (Å²) in [4.78, 5) is 32.2. The SMILES string of the molecule is CCC(=O)NC1CCc2c1n[nH]c(=O)c2C(F)(F)F.CCCCCN(CCC)c1ncc(C(F)(F)F)cn1. The van der Waals surface area contributed by atoms with Gasteiger partial charge in [-0.15, -0.1) is 0 Å². The van der Waals surface area contributed by atoms with E-state index in [-0.39, 0.29) is 30.0 Å². The van der Waals surface area contributed by atoms with Crippen molar-refractivity contribution in [3.8, 4) is 0 Å². The average Bonchev–Trinajstić information content (AvgIpc) is 3.24. The van der Waals surface area contributed by atoms with E-state index in [9.17, 15) is 35.9 Å². The standard InChI is InChI=1S/C13H20F3N3.C11H12F3N3O2/c1-3-5-6-8-19(7-4-2)12-17-9-11(10-18-12)13(14,15)16;1-2-7(18)15-6-4-3-5-8(11(12,13)14)10(19)17-16-9(5)6/h9-10H,3-8H2,1-2H3;6H,2-4H2,1H3,(H,15,18)(H,17,19). The number of rotatable bonds is 9. The van der Waals surface area contributed by atoms with Crippen molar-refractivity contribution in [2.24, 2.45) is 0 Å². The van der Waals surface area contributed by atoms with Crippen molar-refractivity contribution in [1.29, 1.82) is 0 Å². The van der Waals surface area contributed by atoms with Crippen molar-refractivity contribution in [2.45, 2.75) is 84.1 Å². The van der Waals surface area contributed by atoms with Crippen LogP contribution in [-0.2, 0) is 23.6 Å². The molecule has 212 valence electrons. The number of unbranched alkanes of at least 4 members (excludes halogenated alkanes) is 2. The summed E-state index contributed by atoms with van der Waals surface area (Å²) in [6.45, 7) is 7.32. The summed E-state index contributed by atoms with van der Waals surface area (Å²) in [6.07, 6.45) is -2.65. The van der Waals surface area contributed by atoms with E-state index in [4.69, 9.17) is 0 Å². The van der Waals surface area contributed by atoms with Crippen molar-refractivity contribution in [3.63, 3.8) is 0 Å². The van der Waals surface area contributed by atoms with Gasteiger partial charge in [0.1, 0.15) is 5.56 Å². The minimum Gasteiger partial charge on any atom is -0.348 e. The lowest BCUT2D eigenvalue weighted by atomic mass is 10.1. The molecule has 0 bridgehead atoms. The van der Waals surface area contributed by atoms with Crippen molar-refractivity contribution < 1.29 is 31.1 Å².